The largest absolute Gasteiger partial charge is 0.371 e. The number of nitrogens with two attached hydrogens (primary N) is 1. The van der Waals surface area contributed by atoms with Crippen molar-refractivity contribution < 1.29 is 9.53 Å². The standard InChI is InChI=1S/C17H24N2O2/c18-10-14-9-17(20)19(11-14)15-7-4-8-16(15)21-12-13-5-2-1-3-6-13/h1-3,5-6,14-16H,4,7-12,18H2. The highest BCUT2D eigenvalue weighted by atomic mass is 16.5. The van der Waals surface area contributed by atoms with Crippen LogP contribution in [0.5, 0.6) is 0 Å². The molecule has 1 aromatic rings. The number of likely N-dealkylation sites (tertiary alicyclic amines) is 1. The number of benzene rings is 1. The van der Waals surface area contributed by atoms with Gasteiger partial charge in [-0.1, -0.05) is 30.3 Å². The molecule has 114 valence electrons. The van der Waals surface area contributed by atoms with E-state index < -0.39 is 0 Å². The predicted molar refractivity (Wildman–Crippen MR) is 81.5 cm³/mol. The van der Waals surface area contributed by atoms with Crippen LogP contribution in [0, 0.1) is 5.92 Å². The van der Waals surface area contributed by atoms with Crippen molar-refractivity contribution in [2.45, 2.75) is 44.4 Å². The summed E-state index contributed by atoms with van der Waals surface area (Å²) in [6.45, 7) is 2.04. The predicted octanol–water partition coefficient (Wildman–Crippen LogP) is 1.93. The molecule has 3 atom stereocenters. The van der Waals surface area contributed by atoms with E-state index in [1.54, 1.807) is 0 Å². The molecule has 1 saturated carbocycles. The van der Waals surface area contributed by atoms with Crippen LogP contribution >= 0.6 is 0 Å². The summed E-state index contributed by atoms with van der Waals surface area (Å²) < 4.78 is 6.11. The Morgan fingerprint density at radius 1 is 1.24 bits per heavy atom. The molecule has 1 aliphatic carbocycles. The van der Waals surface area contributed by atoms with Crippen LogP contribution in [0.3, 0.4) is 0 Å². The molecular weight excluding hydrogens is 264 g/mol. The van der Waals surface area contributed by atoms with Gasteiger partial charge in [-0.25, -0.2) is 0 Å². The number of carbonyl (C=O) groups is 1. The maximum Gasteiger partial charge on any atom is 0.223 e. The summed E-state index contributed by atoms with van der Waals surface area (Å²) in [6, 6.07) is 10.5. The summed E-state index contributed by atoms with van der Waals surface area (Å²) in [5.74, 6) is 0.582. The summed E-state index contributed by atoms with van der Waals surface area (Å²) in [7, 11) is 0. The van der Waals surface area contributed by atoms with Crippen LogP contribution in [0.2, 0.25) is 0 Å². The topological polar surface area (TPSA) is 55.6 Å². The maximum atomic E-state index is 12.2. The van der Waals surface area contributed by atoms with Crippen LogP contribution in [0.15, 0.2) is 30.3 Å². The second-order valence-corrected chi connectivity index (χ2v) is 6.19. The summed E-state index contributed by atoms with van der Waals surface area (Å²) in [5.41, 5.74) is 6.91. The molecule has 1 aromatic carbocycles. The Kier molecular flexibility index (Phi) is 4.56. The van der Waals surface area contributed by atoms with Crippen molar-refractivity contribution >= 4 is 5.91 Å². The van der Waals surface area contributed by atoms with E-state index in [4.69, 9.17) is 10.5 Å². The van der Waals surface area contributed by atoms with Gasteiger partial charge in [0.05, 0.1) is 18.8 Å². The zero-order chi connectivity index (χ0) is 14.7. The minimum absolute atomic E-state index is 0.172. The van der Waals surface area contributed by atoms with Crippen LogP contribution in [-0.4, -0.2) is 36.0 Å². The van der Waals surface area contributed by atoms with E-state index in [1.165, 1.54) is 5.56 Å². The highest BCUT2D eigenvalue weighted by Gasteiger charge is 2.40. The van der Waals surface area contributed by atoms with E-state index in [2.05, 4.69) is 12.1 Å². The van der Waals surface area contributed by atoms with Gasteiger partial charge in [-0.3, -0.25) is 4.79 Å². The van der Waals surface area contributed by atoms with Crippen molar-refractivity contribution in [3.8, 4) is 0 Å². The quantitative estimate of drug-likeness (QED) is 0.900. The van der Waals surface area contributed by atoms with Gasteiger partial charge in [0.1, 0.15) is 0 Å². The first-order chi connectivity index (χ1) is 10.3. The molecule has 1 heterocycles. The van der Waals surface area contributed by atoms with E-state index in [0.717, 1.165) is 25.8 Å². The fourth-order valence-electron chi connectivity index (χ4n) is 3.52. The first kappa shape index (κ1) is 14.5. The molecule has 4 heteroatoms. The minimum Gasteiger partial charge on any atom is -0.371 e. The fourth-order valence-corrected chi connectivity index (χ4v) is 3.52. The number of nitrogens with zero attached hydrogens (tertiary/aromatic N) is 1. The number of amides is 1. The van der Waals surface area contributed by atoms with Crippen molar-refractivity contribution in [2.24, 2.45) is 11.7 Å². The Morgan fingerprint density at radius 2 is 2.05 bits per heavy atom. The van der Waals surface area contributed by atoms with Crippen LogP contribution in [0.4, 0.5) is 0 Å². The molecule has 1 saturated heterocycles. The van der Waals surface area contributed by atoms with Crippen LogP contribution in [0.25, 0.3) is 0 Å². The zero-order valence-electron chi connectivity index (χ0n) is 12.4. The number of rotatable bonds is 5. The Hall–Kier alpha value is -1.39. The van der Waals surface area contributed by atoms with Crippen molar-refractivity contribution in [1.29, 1.82) is 0 Å². The third-order valence-electron chi connectivity index (χ3n) is 4.70. The number of hydrogen-bond donors (Lipinski definition) is 1. The van der Waals surface area contributed by atoms with Crippen molar-refractivity contribution in [3.05, 3.63) is 35.9 Å². The molecule has 2 N–H and O–H groups in total. The number of hydrogen-bond acceptors (Lipinski definition) is 3. The molecule has 3 rings (SSSR count). The van der Waals surface area contributed by atoms with Gasteiger partial charge in [-0.2, -0.15) is 0 Å². The Bertz CT molecular complexity index is 477. The lowest BCUT2D eigenvalue weighted by molar-refractivity contribution is -0.132. The van der Waals surface area contributed by atoms with E-state index in [0.29, 0.717) is 25.5 Å². The first-order valence-corrected chi connectivity index (χ1v) is 7.93. The second-order valence-electron chi connectivity index (χ2n) is 6.19. The molecule has 4 nitrogen and oxygen atoms in total. The van der Waals surface area contributed by atoms with Crippen molar-refractivity contribution in [3.63, 3.8) is 0 Å². The van der Waals surface area contributed by atoms with Gasteiger partial charge in [0.25, 0.3) is 0 Å². The summed E-state index contributed by atoms with van der Waals surface area (Å²) in [6.07, 6.45) is 4.03. The highest BCUT2D eigenvalue weighted by Crippen LogP contribution is 2.31. The molecule has 2 aliphatic rings. The zero-order valence-corrected chi connectivity index (χ0v) is 12.4. The second kappa shape index (κ2) is 6.58. The monoisotopic (exact) mass is 288 g/mol. The van der Waals surface area contributed by atoms with Gasteiger partial charge in [-0.05, 0) is 37.3 Å². The molecule has 1 aliphatic heterocycles. The Balaban J connectivity index is 1.59. The molecular formula is C17H24N2O2. The van der Waals surface area contributed by atoms with E-state index in [9.17, 15) is 4.79 Å². The Morgan fingerprint density at radius 3 is 2.76 bits per heavy atom. The van der Waals surface area contributed by atoms with Crippen LogP contribution < -0.4 is 5.73 Å². The lowest BCUT2D eigenvalue weighted by atomic mass is 10.1. The molecule has 2 fully saturated rings. The SMILES string of the molecule is NCC1CC(=O)N(C2CCCC2OCc2ccccc2)C1. The lowest BCUT2D eigenvalue weighted by Gasteiger charge is -2.30. The van der Waals surface area contributed by atoms with Gasteiger partial charge in [0.2, 0.25) is 5.91 Å². The smallest absolute Gasteiger partial charge is 0.223 e. The number of carbonyl (C=O) groups excluding carboxylic acids is 1. The third kappa shape index (κ3) is 3.27. The van der Waals surface area contributed by atoms with Gasteiger partial charge >= 0.3 is 0 Å². The molecule has 0 bridgehead atoms. The molecule has 21 heavy (non-hydrogen) atoms. The molecule has 0 spiro atoms. The van der Waals surface area contributed by atoms with Gasteiger partial charge < -0.3 is 15.4 Å². The third-order valence-corrected chi connectivity index (χ3v) is 4.70. The molecule has 0 aromatic heterocycles. The van der Waals surface area contributed by atoms with E-state index in [-0.39, 0.29) is 18.1 Å². The van der Waals surface area contributed by atoms with Crippen molar-refractivity contribution in [2.75, 3.05) is 13.1 Å². The molecule has 0 radical (unpaired) electrons. The van der Waals surface area contributed by atoms with Gasteiger partial charge in [0.15, 0.2) is 0 Å². The van der Waals surface area contributed by atoms with Crippen LogP contribution in [0.1, 0.15) is 31.2 Å². The molecule has 1 amide bonds. The Labute approximate surface area is 126 Å². The number of ether oxygens (including phenoxy) is 1. The minimum atomic E-state index is 0.172. The highest BCUT2D eigenvalue weighted by molar-refractivity contribution is 5.79. The average molecular weight is 288 g/mol. The maximum absolute atomic E-state index is 12.2. The summed E-state index contributed by atoms with van der Waals surface area (Å²) in [5, 5.41) is 0. The average Bonchev–Trinajstić information content (AvgIpc) is 3.12. The molecule has 3 unspecified atom stereocenters. The summed E-state index contributed by atoms with van der Waals surface area (Å²) >= 11 is 0. The normalized spacial score (nSPS) is 29.3. The van der Waals surface area contributed by atoms with Gasteiger partial charge in [0, 0.05) is 13.0 Å². The van der Waals surface area contributed by atoms with E-state index >= 15 is 0 Å². The van der Waals surface area contributed by atoms with Crippen molar-refractivity contribution in [1.82, 2.24) is 4.90 Å². The van der Waals surface area contributed by atoms with Crippen LogP contribution in [-0.2, 0) is 16.1 Å². The van der Waals surface area contributed by atoms with E-state index in [1.807, 2.05) is 23.1 Å². The summed E-state index contributed by atoms with van der Waals surface area (Å²) in [4.78, 5) is 14.2. The first-order valence-electron chi connectivity index (χ1n) is 7.93. The van der Waals surface area contributed by atoms with Gasteiger partial charge in [-0.15, -0.1) is 0 Å². The fraction of sp³-hybridized carbons (Fsp3) is 0.588. The lowest BCUT2D eigenvalue weighted by Crippen LogP contribution is -2.42.